The molecule has 0 aromatic heterocycles. The number of nitrogens with zero attached hydrogens (tertiary/aromatic N) is 1. The molecule has 0 unspecified atom stereocenters. The minimum atomic E-state index is -3.62. The monoisotopic (exact) mass is 435 g/mol. The van der Waals surface area contributed by atoms with Gasteiger partial charge in [-0.3, -0.25) is 4.79 Å². The largest absolute Gasteiger partial charge is 0.350 e. The third kappa shape index (κ3) is 5.36. The van der Waals surface area contributed by atoms with E-state index in [1.54, 1.807) is 13.0 Å². The number of carbonyl (C=O) groups is 1. The number of rotatable bonds is 8. The first-order valence-electron chi connectivity index (χ1n) is 9.51. The van der Waals surface area contributed by atoms with E-state index in [9.17, 15) is 13.2 Å². The van der Waals surface area contributed by atoms with Crippen LogP contribution in [0.25, 0.3) is 0 Å². The maximum atomic E-state index is 12.8. The predicted molar refractivity (Wildman–Crippen MR) is 115 cm³/mol. The van der Waals surface area contributed by atoms with Crippen LogP contribution in [0.15, 0.2) is 47.4 Å². The maximum Gasteiger partial charge on any atom is 0.251 e. The molecule has 0 aliphatic heterocycles. The van der Waals surface area contributed by atoms with Crippen molar-refractivity contribution in [2.75, 3.05) is 20.6 Å². The number of aryl methyl sites for hydroxylation is 1. The Bertz CT molecular complexity index is 1000. The highest BCUT2D eigenvalue weighted by Gasteiger charge is 2.28. The zero-order valence-corrected chi connectivity index (χ0v) is 18.3. The van der Waals surface area contributed by atoms with E-state index in [2.05, 4.69) is 10.0 Å². The molecule has 29 heavy (non-hydrogen) atoms. The van der Waals surface area contributed by atoms with Gasteiger partial charge in [-0.1, -0.05) is 35.9 Å². The van der Waals surface area contributed by atoms with E-state index in [1.165, 1.54) is 12.1 Å². The smallest absolute Gasteiger partial charge is 0.251 e. The van der Waals surface area contributed by atoms with E-state index >= 15 is 0 Å². The molecule has 1 atom stereocenters. The van der Waals surface area contributed by atoms with Crippen molar-refractivity contribution in [1.29, 1.82) is 0 Å². The second kappa shape index (κ2) is 8.83. The van der Waals surface area contributed by atoms with Crippen LogP contribution in [-0.2, 0) is 10.0 Å². The molecule has 8 heteroatoms. The fraction of sp³-hybridized carbons (Fsp3) is 0.381. The van der Waals surface area contributed by atoms with Gasteiger partial charge in [0.25, 0.3) is 5.91 Å². The number of carbonyl (C=O) groups excluding carboxylic acids is 1. The fourth-order valence-electron chi connectivity index (χ4n) is 3.10. The van der Waals surface area contributed by atoms with Crippen LogP contribution in [0.4, 0.5) is 0 Å². The van der Waals surface area contributed by atoms with Gasteiger partial charge in [0.05, 0.1) is 10.9 Å². The van der Waals surface area contributed by atoms with Gasteiger partial charge >= 0.3 is 0 Å². The average Bonchev–Trinajstić information content (AvgIpc) is 3.46. The molecule has 1 fully saturated rings. The lowest BCUT2D eigenvalue weighted by Crippen LogP contribution is -2.35. The Kier molecular flexibility index (Phi) is 6.63. The summed E-state index contributed by atoms with van der Waals surface area (Å²) in [5.74, 6) is -0.315. The van der Waals surface area contributed by atoms with Crippen molar-refractivity contribution in [2.45, 2.75) is 36.7 Å². The summed E-state index contributed by atoms with van der Waals surface area (Å²) in [6.45, 7) is 2.13. The zero-order chi connectivity index (χ0) is 21.2. The summed E-state index contributed by atoms with van der Waals surface area (Å²) >= 11 is 6.33. The molecule has 2 aromatic rings. The van der Waals surface area contributed by atoms with E-state index in [0.29, 0.717) is 22.7 Å². The Labute approximate surface area is 177 Å². The number of sulfonamides is 1. The van der Waals surface area contributed by atoms with Crippen LogP contribution < -0.4 is 10.0 Å². The molecule has 0 heterocycles. The first kappa shape index (κ1) is 21.8. The molecule has 2 aromatic carbocycles. The Balaban J connectivity index is 1.77. The summed E-state index contributed by atoms with van der Waals surface area (Å²) in [5.41, 5.74) is 1.98. The first-order chi connectivity index (χ1) is 13.7. The molecule has 3 rings (SSSR count). The highest BCUT2D eigenvalue weighted by molar-refractivity contribution is 7.89. The van der Waals surface area contributed by atoms with Gasteiger partial charge in [-0.15, -0.1) is 0 Å². The molecule has 156 valence electrons. The van der Waals surface area contributed by atoms with Crippen LogP contribution in [0.2, 0.25) is 5.02 Å². The molecule has 2 N–H and O–H groups in total. The summed E-state index contributed by atoms with van der Waals surface area (Å²) in [6.07, 6.45) is 1.71. The van der Waals surface area contributed by atoms with Gasteiger partial charge in [-0.25, -0.2) is 13.1 Å². The van der Waals surface area contributed by atoms with Crippen LogP contribution in [-0.4, -0.2) is 45.9 Å². The van der Waals surface area contributed by atoms with Crippen LogP contribution in [0.1, 0.15) is 40.4 Å². The maximum absolute atomic E-state index is 12.8. The Morgan fingerprint density at radius 1 is 1.21 bits per heavy atom. The third-order valence-corrected chi connectivity index (χ3v) is 6.87. The van der Waals surface area contributed by atoms with Crippen molar-refractivity contribution in [3.63, 3.8) is 0 Å². The number of likely N-dealkylation sites (N-methyl/N-ethyl adjacent to an activating group) is 1. The van der Waals surface area contributed by atoms with E-state index in [4.69, 9.17) is 11.6 Å². The molecular weight excluding hydrogens is 410 g/mol. The highest BCUT2D eigenvalue weighted by atomic mass is 35.5. The van der Waals surface area contributed by atoms with Crippen LogP contribution in [0.5, 0.6) is 0 Å². The third-order valence-electron chi connectivity index (χ3n) is 5.01. The number of halogens is 1. The summed E-state index contributed by atoms with van der Waals surface area (Å²) in [4.78, 5) is 14.9. The van der Waals surface area contributed by atoms with Gasteiger partial charge in [-0.2, -0.15) is 0 Å². The van der Waals surface area contributed by atoms with Crippen LogP contribution in [0.3, 0.4) is 0 Å². The normalized spacial score (nSPS) is 15.3. The summed E-state index contributed by atoms with van der Waals surface area (Å²) in [7, 11) is 0.219. The molecule has 1 aliphatic rings. The van der Waals surface area contributed by atoms with E-state index < -0.39 is 10.0 Å². The van der Waals surface area contributed by atoms with Gasteiger partial charge in [-0.05, 0) is 63.2 Å². The Morgan fingerprint density at radius 2 is 1.90 bits per heavy atom. The predicted octanol–water partition coefficient (Wildman–Crippen LogP) is 3.12. The lowest BCUT2D eigenvalue weighted by Gasteiger charge is -2.26. The fourth-order valence-corrected chi connectivity index (χ4v) is 4.69. The Morgan fingerprint density at radius 3 is 2.52 bits per heavy atom. The van der Waals surface area contributed by atoms with E-state index in [-0.39, 0.29) is 22.9 Å². The van der Waals surface area contributed by atoms with Crippen molar-refractivity contribution >= 4 is 27.5 Å². The lowest BCUT2D eigenvalue weighted by atomic mass is 10.0. The lowest BCUT2D eigenvalue weighted by molar-refractivity contribution is 0.0941. The first-order valence-corrected chi connectivity index (χ1v) is 11.4. The quantitative estimate of drug-likeness (QED) is 0.667. The molecule has 1 amide bonds. The minimum absolute atomic E-state index is 0.00931. The molecule has 1 saturated carbocycles. The van der Waals surface area contributed by atoms with Crippen molar-refractivity contribution in [3.05, 3.63) is 64.2 Å². The van der Waals surface area contributed by atoms with Gasteiger partial charge in [0.2, 0.25) is 10.0 Å². The summed E-state index contributed by atoms with van der Waals surface area (Å²) in [6, 6.07) is 12.0. The minimum Gasteiger partial charge on any atom is -0.350 e. The molecule has 0 spiro atoms. The topological polar surface area (TPSA) is 78.5 Å². The molecule has 0 saturated heterocycles. The van der Waals surface area contributed by atoms with E-state index in [0.717, 1.165) is 18.4 Å². The van der Waals surface area contributed by atoms with Crippen LogP contribution >= 0.6 is 11.6 Å². The molecule has 0 radical (unpaired) electrons. The SMILES string of the molecule is Cc1ccc(S(=O)(=O)NC2CC2)cc1C(=O)NC[C@H](c1ccccc1Cl)N(C)C. The molecular formula is C21H26ClN3O3S. The standard InChI is InChI=1S/C21H26ClN3O3S/c1-14-8-11-16(29(27,28)24-15-9-10-15)12-18(14)21(26)23-13-20(25(2)3)17-6-4-5-7-19(17)22/h4-8,11-12,15,20,24H,9-10,13H2,1-3H3,(H,23,26)/t20-/m1/s1. The molecule has 1 aliphatic carbocycles. The average molecular weight is 436 g/mol. The second-order valence-electron chi connectivity index (χ2n) is 7.58. The van der Waals surface area contributed by atoms with Gasteiger partial charge in [0.15, 0.2) is 0 Å². The summed E-state index contributed by atoms with van der Waals surface area (Å²) < 4.78 is 27.6. The van der Waals surface area contributed by atoms with Crippen molar-refractivity contribution < 1.29 is 13.2 Å². The second-order valence-corrected chi connectivity index (χ2v) is 9.70. The number of hydrogen-bond acceptors (Lipinski definition) is 4. The highest BCUT2D eigenvalue weighted by Crippen LogP contribution is 2.26. The van der Waals surface area contributed by atoms with Gasteiger partial charge in [0, 0.05) is 23.2 Å². The summed E-state index contributed by atoms with van der Waals surface area (Å²) in [5, 5.41) is 3.56. The number of benzene rings is 2. The zero-order valence-electron chi connectivity index (χ0n) is 16.8. The van der Waals surface area contributed by atoms with Crippen molar-refractivity contribution in [1.82, 2.24) is 14.9 Å². The van der Waals surface area contributed by atoms with Crippen LogP contribution in [0, 0.1) is 6.92 Å². The van der Waals surface area contributed by atoms with E-state index in [1.807, 2.05) is 43.3 Å². The van der Waals surface area contributed by atoms with Crippen molar-refractivity contribution in [3.8, 4) is 0 Å². The molecule has 6 nitrogen and oxygen atoms in total. The van der Waals surface area contributed by atoms with Gasteiger partial charge in [0.1, 0.15) is 0 Å². The number of hydrogen-bond donors (Lipinski definition) is 2. The van der Waals surface area contributed by atoms with Gasteiger partial charge < -0.3 is 10.2 Å². The van der Waals surface area contributed by atoms with Crippen molar-refractivity contribution in [2.24, 2.45) is 0 Å². The molecule has 0 bridgehead atoms. The number of nitrogens with one attached hydrogen (secondary N) is 2. The Hall–Kier alpha value is -1.93. The number of amides is 1.